The molecule has 0 aliphatic heterocycles. The zero-order valence-electron chi connectivity index (χ0n) is 9.95. The van der Waals surface area contributed by atoms with Crippen molar-refractivity contribution in [1.29, 1.82) is 0 Å². The number of fused-ring (bicyclic) bond motifs is 1. The van der Waals surface area contributed by atoms with Gasteiger partial charge in [-0.2, -0.15) is 5.10 Å². The summed E-state index contributed by atoms with van der Waals surface area (Å²) < 4.78 is 14.5. The summed E-state index contributed by atoms with van der Waals surface area (Å²) in [6.45, 7) is 0.420. The van der Waals surface area contributed by atoms with E-state index >= 15 is 0 Å². The van der Waals surface area contributed by atoms with E-state index in [1.807, 2.05) is 18.2 Å². The Hall–Kier alpha value is -1.88. The maximum absolute atomic E-state index is 13.6. The lowest BCUT2D eigenvalue weighted by molar-refractivity contribution is 0.612. The number of hydrogen-bond acceptors (Lipinski definition) is 2. The van der Waals surface area contributed by atoms with Crippen LogP contribution in [0.5, 0.6) is 0 Å². The van der Waals surface area contributed by atoms with E-state index in [1.54, 1.807) is 18.3 Å². The van der Waals surface area contributed by atoms with Crippen LogP contribution in [-0.2, 0) is 6.54 Å². The van der Waals surface area contributed by atoms with Crippen molar-refractivity contribution in [2.45, 2.75) is 6.54 Å². The molecule has 0 atom stereocenters. The molecule has 19 heavy (non-hydrogen) atoms. The molecule has 3 rings (SSSR count). The summed E-state index contributed by atoms with van der Waals surface area (Å²) in [7, 11) is 0. The van der Waals surface area contributed by atoms with Crippen LogP contribution in [0.15, 0.2) is 47.1 Å². The van der Waals surface area contributed by atoms with Gasteiger partial charge in [0.1, 0.15) is 5.82 Å². The number of halogens is 2. The number of para-hydroxylation sites is 1. The summed E-state index contributed by atoms with van der Waals surface area (Å²) in [5, 5.41) is 11.2. The van der Waals surface area contributed by atoms with Gasteiger partial charge in [-0.15, -0.1) is 0 Å². The second-order valence-corrected chi connectivity index (χ2v) is 5.14. The lowest BCUT2D eigenvalue weighted by Crippen LogP contribution is -2.02. The van der Waals surface area contributed by atoms with Gasteiger partial charge in [0, 0.05) is 22.0 Å². The number of aromatic nitrogens is 2. The quantitative estimate of drug-likeness (QED) is 0.763. The van der Waals surface area contributed by atoms with Crippen LogP contribution in [-0.4, -0.2) is 10.2 Å². The molecular formula is C14H11BrFN3. The fraction of sp³-hybridized carbons (Fsp3) is 0.0714. The molecule has 0 spiro atoms. The average molecular weight is 320 g/mol. The highest BCUT2D eigenvalue weighted by molar-refractivity contribution is 9.10. The number of nitrogens with one attached hydrogen (secondary N) is 2. The minimum Gasteiger partial charge on any atom is -0.379 e. The highest BCUT2D eigenvalue weighted by Gasteiger charge is 2.05. The molecule has 1 heterocycles. The monoisotopic (exact) mass is 319 g/mol. The number of rotatable bonds is 3. The molecule has 1 aromatic heterocycles. The molecule has 0 amide bonds. The van der Waals surface area contributed by atoms with Crippen molar-refractivity contribution in [1.82, 2.24) is 10.2 Å². The Bertz CT molecular complexity index is 724. The van der Waals surface area contributed by atoms with Crippen molar-refractivity contribution in [2.75, 3.05) is 5.32 Å². The third kappa shape index (κ3) is 2.46. The van der Waals surface area contributed by atoms with Crippen LogP contribution < -0.4 is 5.32 Å². The van der Waals surface area contributed by atoms with Crippen LogP contribution in [0.2, 0.25) is 0 Å². The van der Waals surface area contributed by atoms with Crippen LogP contribution >= 0.6 is 15.9 Å². The Balaban J connectivity index is 1.86. The fourth-order valence-corrected chi connectivity index (χ4v) is 2.39. The molecule has 96 valence electrons. The van der Waals surface area contributed by atoms with Crippen molar-refractivity contribution >= 4 is 32.5 Å². The van der Waals surface area contributed by atoms with Crippen molar-refractivity contribution in [2.24, 2.45) is 0 Å². The largest absolute Gasteiger partial charge is 0.379 e. The predicted octanol–water partition coefficient (Wildman–Crippen LogP) is 4.08. The normalized spacial score (nSPS) is 10.8. The molecule has 0 unspecified atom stereocenters. The molecule has 2 aromatic carbocycles. The maximum Gasteiger partial charge on any atom is 0.128 e. The molecule has 0 aliphatic rings. The highest BCUT2D eigenvalue weighted by atomic mass is 79.9. The van der Waals surface area contributed by atoms with E-state index in [0.29, 0.717) is 12.1 Å². The van der Waals surface area contributed by atoms with Crippen LogP contribution in [0, 0.1) is 5.82 Å². The molecule has 0 radical (unpaired) electrons. The van der Waals surface area contributed by atoms with Gasteiger partial charge in [-0.3, -0.25) is 5.10 Å². The van der Waals surface area contributed by atoms with Gasteiger partial charge in [-0.05, 0) is 24.3 Å². The van der Waals surface area contributed by atoms with E-state index in [-0.39, 0.29) is 5.82 Å². The number of H-pyrrole nitrogens is 1. The number of benzene rings is 2. The standard InChI is InChI=1S/C14H11BrFN3/c15-11-4-5-12(16)10(6-11)7-17-13-3-1-2-9-8-18-19-14(9)13/h1-6,8,17H,7H2,(H,18,19). The van der Waals surface area contributed by atoms with E-state index in [2.05, 4.69) is 31.4 Å². The van der Waals surface area contributed by atoms with E-state index in [0.717, 1.165) is 21.1 Å². The predicted molar refractivity (Wildman–Crippen MR) is 77.5 cm³/mol. The molecule has 0 aliphatic carbocycles. The van der Waals surface area contributed by atoms with Gasteiger partial charge in [0.15, 0.2) is 0 Å². The van der Waals surface area contributed by atoms with Gasteiger partial charge in [0.25, 0.3) is 0 Å². The molecule has 0 fully saturated rings. The first-order valence-corrected chi connectivity index (χ1v) is 6.63. The average Bonchev–Trinajstić information content (AvgIpc) is 2.88. The minimum absolute atomic E-state index is 0.215. The van der Waals surface area contributed by atoms with Crippen molar-refractivity contribution in [3.63, 3.8) is 0 Å². The van der Waals surface area contributed by atoms with Crippen LogP contribution in [0.1, 0.15) is 5.56 Å². The number of aromatic amines is 1. The Labute approximate surface area is 118 Å². The lowest BCUT2D eigenvalue weighted by Gasteiger charge is -2.08. The summed E-state index contributed by atoms with van der Waals surface area (Å²) in [6.07, 6.45) is 1.76. The van der Waals surface area contributed by atoms with Gasteiger partial charge in [-0.25, -0.2) is 4.39 Å². The zero-order chi connectivity index (χ0) is 13.2. The first-order chi connectivity index (χ1) is 9.24. The van der Waals surface area contributed by atoms with Crippen LogP contribution in [0.4, 0.5) is 10.1 Å². The minimum atomic E-state index is -0.215. The molecule has 2 N–H and O–H groups in total. The molecule has 3 nitrogen and oxygen atoms in total. The van der Waals surface area contributed by atoms with Gasteiger partial charge < -0.3 is 5.32 Å². The SMILES string of the molecule is Fc1ccc(Br)cc1CNc1cccc2cn[nH]c12. The Morgan fingerprint density at radius 3 is 3.05 bits per heavy atom. The third-order valence-electron chi connectivity index (χ3n) is 2.95. The number of hydrogen-bond donors (Lipinski definition) is 2. The smallest absolute Gasteiger partial charge is 0.128 e. The van der Waals surface area contributed by atoms with Crippen LogP contribution in [0.3, 0.4) is 0 Å². The summed E-state index contributed by atoms with van der Waals surface area (Å²) in [5.74, 6) is -0.215. The lowest BCUT2D eigenvalue weighted by atomic mass is 10.2. The van der Waals surface area contributed by atoms with E-state index < -0.39 is 0 Å². The van der Waals surface area contributed by atoms with Crippen LogP contribution in [0.25, 0.3) is 10.9 Å². The molecular weight excluding hydrogens is 309 g/mol. The Morgan fingerprint density at radius 1 is 1.26 bits per heavy atom. The fourth-order valence-electron chi connectivity index (χ4n) is 1.99. The summed E-state index contributed by atoms with van der Waals surface area (Å²) in [6, 6.07) is 10.8. The third-order valence-corrected chi connectivity index (χ3v) is 3.45. The van der Waals surface area contributed by atoms with Gasteiger partial charge in [0.05, 0.1) is 17.4 Å². The van der Waals surface area contributed by atoms with E-state index in [1.165, 1.54) is 6.07 Å². The molecule has 5 heteroatoms. The Morgan fingerprint density at radius 2 is 2.16 bits per heavy atom. The van der Waals surface area contributed by atoms with E-state index in [9.17, 15) is 4.39 Å². The maximum atomic E-state index is 13.6. The highest BCUT2D eigenvalue weighted by Crippen LogP contribution is 2.22. The first-order valence-electron chi connectivity index (χ1n) is 5.84. The molecule has 0 bridgehead atoms. The molecule has 0 saturated heterocycles. The van der Waals surface area contributed by atoms with Gasteiger partial charge in [-0.1, -0.05) is 28.1 Å². The zero-order valence-corrected chi connectivity index (χ0v) is 11.5. The second-order valence-electron chi connectivity index (χ2n) is 4.23. The topological polar surface area (TPSA) is 40.7 Å². The van der Waals surface area contributed by atoms with Gasteiger partial charge >= 0.3 is 0 Å². The van der Waals surface area contributed by atoms with E-state index in [4.69, 9.17) is 0 Å². The summed E-state index contributed by atoms with van der Waals surface area (Å²) in [4.78, 5) is 0. The number of anilines is 1. The summed E-state index contributed by atoms with van der Waals surface area (Å²) in [5.41, 5.74) is 2.46. The Kier molecular flexibility index (Phi) is 3.21. The first kappa shape index (κ1) is 12.2. The molecule has 0 saturated carbocycles. The molecule has 3 aromatic rings. The van der Waals surface area contributed by atoms with Crippen molar-refractivity contribution in [3.05, 3.63) is 58.4 Å². The second kappa shape index (κ2) is 5.01. The van der Waals surface area contributed by atoms with Crippen molar-refractivity contribution < 1.29 is 4.39 Å². The van der Waals surface area contributed by atoms with Crippen molar-refractivity contribution in [3.8, 4) is 0 Å². The summed E-state index contributed by atoms with van der Waals surface area (Å²) >= 11 is 3.35. The van der Waals surface area contributed by atoms with Gasteiger partial charge in [0.2, 0.25) is 0 Å². The number of nitrogens with zero attached hydrogens (tertiary/aromatic N) is 1.